The molecule has 32 heavy (non-hydrogen) atoms. The minimum atomic E-state index is -4.65. The van der Waals surface area contributed by atoms with Crippen LogP contribution in [0.5, 0.6) is 0 Å². The third-order valence-electron chi connectivity index (χ3n) is 5.34. The van der Waals surface area contributed by atoms with Gasteiger partial charge >= 0.3 is 12.2 Å². The van der Waals surface area contributed by atoms with Crippen molar-refractivity contribution in [2.75, 3.05) is 38.1 Å². The SMILES string of the molecule is CNC(=O)NCc1c(C)c(C(F)(F)F)nn1CC(=O)N1CCN(c2ccc(I)cc2)CC1. The second kappa shape index (κ2) is 9.96. The maximum atomic E-state index is 13.4. The van der Waals surface area contributed by atoms with E-state index in [-0.39, 0.29) is 30.3 Å². The van der Waals surface area contributed by atoms with Crippen molar-refractivity contribution in [1.82, 2.24) is 25.3 Å². The van der Waals surface area contributed by atoms with Gasteiger partial charge in [0.1, 0.15) is 6.54 Å². The maximum absolute atomic E-state index is 13.4. The van der Waals surface area contributed by atoms with E-state index >= 15 is 0 Å². The number of urea groups is 1. The lowest BCUT2D eigenvalue weighted by Gasteiger charge is -2.36. The van der Waals surface area contributed by atoms with E-state index in [9.17, 15) is 22.8 Å². The average molecular weight is 564 g/mol. The zero-order valence-electron chi connectivity index (χ0n) is 17.7. The van der Waals surface area contributed by atoms with Crippen LogP contribution in [0.3, 0.4) is 0 Å². The molecule has 1 aliphatic heterocycles. The number of hydrogen-bond acceptors (Lipinski definition) is 4. The predicted molar refractivity (Wildman–Crippen MR) is 121 cm³/mol. The number of carbonyl (C=O) groups is 2. The van der Waals surface area contributed by atoms with Crippen LogP contribution in [0.4, 0.5) is 23.7 Å². The van der Waals surface area contributed by atoms with Crippen molar-refractivity contribution in [3.8, 4) is 0 Å². The Morgan fingerprint density at radius 2 is 1.75 bits per heavy atom. The summed E-state index contributed by atoms with van der Waals surface area (Å²) in [5.41, 5.74) is 0.0529. The molecule has 1 saturated heterocycles. The van der Waals surface area contributed by atoms with Gasteiger partial charge in [-0.2, -0.15) is 18.3 Å². The molecule has 0 aliphatic carbocycles. The highest BCUT2D eigenvalue weighted by Crippen LogP contribution is 2.32. The predicted octanol–water partition coefficient (Wildman–Crippen LogP) is 2.59. The Kier molecular flexibility index (Phi) is 7.51. The van der Waals surface area contributed by atoms with Crippen molar-refractivity contribution in [2.45, 2.75) is 26.2 Å². The van der Waals surface area contributed by atoms with E-state index in [1.54, 1.807) is 4.90 Å². The minimum Gasteiger partial charge on any atom is -0.368 e. The third-order valence-corrected chi connectivity index (χ3v) is 6.06. The molecule has 2 heterocycles. The molecule has 2 aromatic rings. The zero-order chi connectivity index (χ0) is 23.5. The van der Waals surface area contributed by atoms with Crippen molar-refractivity contribution in [3.05, 3.63) is 44.8 Å². The second-order valence-electron chi connectivity index (χ2n) is 7.35. The first kappa shape index (κ1) is 24.1. The number of piperazine rings is 1. The van der Waals surface area contributed by atoms with E-state index in [2.05, 4.69) is 43.2 Å². The molecular formula is C20H24F3IN6O2. The number of carbonyl (C=O) groups excluding carboxylic acids is 2. The van der Waals surface area contributed by atoms with Gasteiger partial charge in [-0.25, -0.2) is 4.79 Å². The molecule has 1 fully saturated rings. The monoisotopic (exact) mass is 564 g/mol. The summed E-state index contributed by atoms with van der Waals surface area (Å²) in [6, 6.07) is 7.54. The number of nitrogens with one attached hydrogen (secondary N) is 2. The summed E-state index contributed by atoms with van der Waals surface area (Å²) in [6.07, 6.45) is -4.65. The number of nitrogens with zero attached hydrogens (tertiary/aromatic N) is 4. The number of anilines is 1. The second-order valence-corrected chi connectivity index (χ2v) is 8.60. The summed E-state index contributed by atoms with van der Waals surface area (Å²) in [7, 11) is 1.40. The normalized spacial score (nSPS) is 14.4. The third kappa shape index (κ3) is 5.64. The van der Waals surface area contributed by atoms with Gasteiger partial charge < -0.3 is 20.4 Å². The number of aromatic nitrogens is 2. The number of rotatable bonds is 5. The van der Waals surface area contributed by atoms with E-state index in [4.69, 9.17) is 0 Å². The Balaban J connectivity index is 1.69. The molecule has 2 N–H and O–H groups in total. The number of benzene rings is 1. The van der Waals surface area contributed by atoms with E-state index < -0.39 is 17.9 Å². The van der Waals surface area contributed by atoms with Gasteiger partial charge in [0.2, 0.25) is 5.91 Å². The van der Waals surface area contributed by atoms with Crippen LogP contribution >= 0.6 is 22.6 Å². The quantitative estimate of drug-likeness (QED) is 0.548. The Labute approximate surface area is 197 Å². The van der Waals surface area contributed by atoms with Crippen LogP contribution in [0, 0.1) is 10.5 Å². The van der Waals surface area contributed by atoms with Crippen LogP contribution < -0.4 is 15.5 Å². The molecule has 0 bridgehead atoms. The Morgan fingerprint density at radius 1 is 1.12 bits per heavy atom. The van der Waals surface area contributed by atoms with Crippen LogP contribution in [0.1, 0.15) is 17.0 Å². The van der Waals surface area contributed by atoms with Gasteiger partial charge in [0, 0.05) is 48.0 Å². The van der Waals surface area contributed by atoms with Crippen LogP contribution in [-0.4, -0.2) is 59.8 Å². The molecule has 1 aromatic carbocycles. The lowest BCUT2D eigenvalue weighted by Crippen LogP contribution is -2.49. The fraction of sp³-hybridized carbons (Fsp3) is 0.450. The molecule has 0 atom stereocenters. The summed E-state index contributed by atoms with van der Waals surface area (Å²) in [4.78, 5) is 28.1. The van der Waals surface area contributed by atoms with Crippen LogP contribution in [0.2, 0.25) is 0 Å². The van der Waals surface area contributed by atoms with Gasteiger partial charge in [-0.1, -0.05) is 0 Å². The highest BCUT2D eigenvalue weighted by atomic mass is 127. The highest BCUT2D eigenvalue weighted by Gasteiger charge is 2.38. The van der Waals surface area contributed by atoms with Gasteiger partial charge in [-0.05, 0) is 53.8 Å². The van der Waals surface area contributed by atoms with Crippen LogP contribution in [-0.2, 0) is 24.1 Å². The molecule has 3 amide bonds. The number of alkyl halides is 3. The van der Waals surface area contributed by atoms with Crippen LogP contribution in [0.15, 0.2) is 24.3 Å². The van der Waals surface area contributed by atoms with Gasteiger partial charge in [-0.15, -0.1) is 0 Å². The maximum Gasteiger partial charge on any atom is 0.435 e. The lowest BCUT2D eigenvalue weighted by molar-refractivity contribution is -0.142. The minimum absolute atomic E-state index is 0.106. The molecule has 12 heteroatoms. The largest absolute Gasteiger partial charge is 0.435 e. The van der Waals surface area contributed by atoms with Gasteiger partial charge in [0.25, 0.3) is 0 Å². The molecule has 3 rings (SSSR count). The molecule has 0 unspecified atom stereocenters. The van der Waals surface area contributed by atoms with Crippen molar-refractivity contribution < 1.29 is 22.8 Å². The standard InChI is InChI=1S/C20H24F3IN6O2/c1-13-16(11-26-19(32)25-2)30(27-18(13)20(21,22)23)12-17(31)29-9-7-28(8-10-29)15-5-3-14(24)4-6-15/h3-6H,7-12H2,1-2H3,(H2,25,26,32). The summed E-state index contributed by atoms with van der Waals surface area (Å²) >= 11 is 2.24. The molecule has 0 spiro atoms. The van der Waals surface area contributed by atoms with Crippen molar-refractivity contribution >= 4 is 40.2 Å². The summed E-state index contributed by atoms with van der Waals surface area (Å²) in [5, 5.41) is 8.46. The van der Waals surface area contributed by atoms with Crippen molar-refractivity contribution in [2.24, 2.45) is 0 Å². The van der Waals surface area contributed by atoms with E-state index in [0.29, 0.717) is 26.2 Å². The molecule has 1 aliphatic rings. The van der Waals surface area contributed by atoms with E-state index in [1.165, 1.54) is 14.0 Å². The molecule has 1 aromatic heterocycles. The molecular weight excluding hydrogens is 540 g/mol. The number of amides is 3. The molecule has 8 nitrogen and oxygen atoms in total. The molecule has 0 saturated carbocycles. The first-order chi connectivity index (χ1) is 15.1. The Hall–Kier alpha value is -2.51. The smallest absolute Gasteiger partial charge is 0.368 e. The summed E-state index contributed by atoms with van der Waals surface area (Å²) in [5.74, 6) is -0.315. The highest BCUT2D eigenvalue weighted by molar-refractivity contribution is 14.1. The fourth-order valence-corrected chi connectivity index (χ4v) is 3.92. The van der Waals surface area contributed by atoms with Gasteiger partial charge in [-0.3, -0.25) is 9.48 Å². The summed E-state index contributed by atoms with van der Waals surface area (Å²) < 4.78 is 42.2. The van der Waals surface area contributed by atoms with Gasteiger partial charge in [0.05, 0.1) is 12.2 Å². The number of hydrogen-bond donors (Lipinski definition) is 2. The van der Waals surface area contributed by atoms with E-state index in [0.717, 1.165) is 13.9 Å². The molecule has 174 valence electrons. The van der Waals surface area contributed by atoms with E-state index in [1.807, 2.05) is 24.3 Å². The van der Waals surface area contributed by atoms with Crippen molar-refractivity contribution in [1.29, 1.82) is 0 Å². The lowest BCUT2D eigenvalue weighted by atomic mass is 10.2. The number of halogens is 4. The first-order valence-electron chi connectivity index (χ1n) is 9.97. The summed E-state index contributed by atoms with van der Waals surface area (Å²) in [6.45, 7) is 2.96. The zero-order valence-corrected chi connectivity index (χ0v) is 19.8. The topological polar surface area (TPSA) is 82.5 Å². The van der Waals surface area contributed by atoms with Crippen LogP contribution in [0.25, 0.3) is 0 Å². The molecule has 0 radical (unpaired) electrons. The average Bonchev–Trinajstić information content (AvgIpc) is 3.08. The van der Waals surface area contributed by atoms with Gasteiger partial charge in [0.15, 0.2) is 5.69 Å². The Morgan fingerprint density at radius 3 is 2.31 bits per heavy atom. The Bertz CT molecular complexity index is 969. The van der Waals surface area contributed by atoms with Crippen molar-refractivity contribution in [3.63, 3.8) is 0 Å². The fourth-order valence-electron chi connectivity index (χ4n) is 3.56. The first-order valence-corrected chi connectivity index (χ1v) is 11.1.